The van der Waals surface area contributed by atoms with Gasteiger partial charge in [-0.1, -0.05) is 29.3 Å². The molecule has 6 heterocycles. The number of anilines is 1. The maximum atomic E-state index is 14.0. The number of nitrogens with zero attached hydrogens (tertiary/aromatic N) is 3. The molecule has 232 valence electrons. The number of fused-ring (bicyclic) bond motifs is 3. The van der Waals surface area contributed by atoms with Gasteiger partial charge >= 0.3 is 6.03 Å². The summed E-state index contributed by atoms with van der Waals surface area (Å²) in [6, 6.07) is 10.8. The minimum absolute atomic E-state index is 0.119. The van der Waals surface area contributed by atoms with Gasteiger partial charge in [0.05, 0.1) is 16.5 Å². The Morgan fingerprint density at radius 3 is 2.30 bits per heavy atom. The highest BCUT2D eigenvalue weighted by Crippen LogP contribution is 2.52. The summed E-state index contributed by atoms with van der Waals surface area (Å²) in [5, 5.41) is 8.49. The summed E-state index contributed by atoms with van der Waals surface area (Å²) in [5.74, 6) is 0.659. The summed E-state index contributed by atoms with van der Waals surface area (Å²) in [4.78, 5) is 34.6. The molecule has 2 aromatic rings. The molecule has 0 spiro atoms. The molecule has 4 saturated heterocycles. The molecular formula is C35H49N5O2S. The Morgan fingerprint density at radius 1 is 0.953 bits per heavy atom. The normalized spacial score (nSPS) is 28.5. The second-order valence-electron chi connectivity index (χ2n) is 14.6. The number of aryl methyl sites for hydroxylation is 2. The topological polar surface area (TPSA) is 67.9 Å². The lowest BCUT2D eigenvalue weighted by molar-refractivity contribution is -0.137. The van der Waals surface area contributed by atoms with Crippen LogP contribution in [0.3, 0.4) is 0 Å². The maximum Gasteiger partial charge on any atom is 0.317 e. The lowest BCUT2D eigenvalue weighted by Crippen LogP contribution is -2.45. The molecule has 4 fully saturated rings. The molecule has 1 aromatic carbocycles. The van der Waals surface area contributed by atoms with Crippen molar-refractivity contribution in [3.05, 3.63) is 51.4 Å². The number of amides is 3. The van der Waals surface area contributed by atoms with Crippen molar-refractivity contribution in [1.82, 2.24) is 20.0 Å². The van der Waals surface area contributed by atoms with E-state index in [-0.39, 0.29) is 18.1 Å². The van der Waals surface area contributed by atoms with Crippen LogP contribution in [0.5, 0.6) is 0 Å². The molecule has 3 amide bonds. The number of carbonyl (C=O) groups excluding carboxylic acids is 2. The number of thiophene rings is 1. The summed E-state index contributed by atoms with van der Waals surface area (Å²) in [5.41, 5.74) is 4.82. The molecule has 2 N–H and O–H groups in total. The molecule has 1 aromatic heterocycles. The largest absolute Gasteiger partial charge is 0.369 e. The zero-order valence-electron chi connectivity index (χ0n) is 26.5. The highest BCUT2D eigenvalue weighted by atomic mass is 32.1. The van der Waals surface area contributed by atoms with Gasteiger partial charge in [0.15, 0.2) is 0 Å². The van der Waals surface area contributed by atoms with Gasteiger partial charge in [-0.15, -0.1) is 11.3 Å². The van der Waals surface area contributed by atoms with Crippen LogP contribution in [0, 0.1) is 13.8 Å². The van der Waals surface area contributed by atoms with Crippen LogP contribution in [-0.2, 0) is 10.2 Å². The standard InChI is InChI=1S/C35H49N5O2S/c1-22-17-23(2)19-24(18-22)31-28(12-16-38-15-11-25(21-38)36-34(42)39-13-5-6-14-39)29-20-30(43-32(29)37-31)35(3,4)33(41)40-26-7-8-27(40)10-9-26/h17-20,25-28,31,37H,5-16,21H2,1-4H3,(H,36,42). The van der Waals surface area contributed by atoms with E-state index in [9.17, 15) is 9.59 Å². The molecule has 7 rings (SSSR count). The monoisotopic (exact) mass is 603 g/mol. The van der Waals surface area contributed by atoms with E-state index in [0.717, 1.165) is 58.4 Å². The van der Waals surface area contributed by atoms with Gasteiger partial charge in [-0.2, -0.15) is 0 Å². The van der Waals surface area contributed by atoms with Crippen molar-refractivity contribution in [3.8, 4) is 0 Å². The smallest absolute Gasteiger partial charge is 0.317 e. The van der Waals surface area contributed by atoms with Crippen molar-refractivity contribution < 1.29 is 9.59 Å². The number of hydrogen-bond acceptors (Lipinski definition) is 5. The summed E-state index contributed by atoms with van der Waals surface area (Å²) < 4.78 is 0. The molecule has 0 saturated carbocycles. The first-order valence-corrected chi connectivity index (χ1v) is 17.6. The van der Waals surface area contributed by atoms with E-state index in [4.69, 9.17) is 0 Å². The van der Waals surface area contributed by atoms with Crippen molar-refractivity contribution >= 4 is 28.3 Å². The Bertz CT molecular complexity index is 1340. The fourth-order valence-electron chi connectivity index (χ4n) is 8.68. The molecule has 3 unspecified atom stereocenters. The van der Waals surface area contributed by atoms with Crippen LogP contribution in [0.4, 0.5) is 9.80 Å². The summed E-state index contributed by atoms with van der Waals surface area (Å²) in [6.45, 7) is 13.4. The predicted octanol–water partition coefficient (Wildman–Crippen LogP) is 6.32. The Balaban J connectivity index is 1.08. The van der Waals surface area contributed by atoms with Crippen LogP contribution in [0.2, 0.25) is 0 Å². The third-order valence-corrected chi connectivity index (χ3v) is 12.4. The summed E-state index contributed by atoms with van der Waals surface area (Å²) in [6.07, 6.45) is 9.01. The second-order valence-corrected chi connectivity index (χ2v) is 15.6. The van der Waals surface area contributed by atoms with Crippen molar-refractivity contribution in [3.63, 3.8) is 0 Å². The first-order valence-electron chi connectivity index (χ1n) is 16.8. The van der Waals surface area contributed by atoms with E-state index in [1.54, 1.807) is 11.3 Å². The maximum absolute atomic E-state index is 14.0. The number of hydrogen-bond donors (Lipinski definition) is 2. The fourth-order valence-corrected chi connectivity index (χ4v) is 9.95. The van der Waals surface area contributed by atoms with Gasteiger partial charge < -0.3 is 25.3 Å². The number of benzene rings is 1. The number of likely N-dealkylation sites (tertiary alicyclic amines) is 2. The van der Waals surface area contributed by atoms with Crippen LogP contribution in [0.1, 0.15) is 104 Å². The highest BCUT2D eigenvalue weighted by Gasteiger charge is 2.48. The Morgan fingerprint density at radius 2 is 1.63 bits per heavy atom. The lowest BCUT2D eigenvalue weighted by Gasteiger charge is -2.32. The first-order chi connectivity index (χ1) is 20.7. The average Bonchev–Trinajstić information content (AvgIpc) is 3.81. The molecule has 8 heteroatoms. The van der Waals surface area contributed by atoms with E-state index in [1.165, 1.54) is 57.8 Å². The molecule has 5 aliphatic rings. The van der Waals surface area contributed by atoms with Crippen LogP contribution in [0.15, 0.2) is 24.3 Å². The lowest BCUT2D eigenvalue weighted by atomic mass is 9.84. The van der Waals surface area contributed by atoms with Crippen LogP contribution < -0.4 is 10.6 Å². The van der Waals surface area contributed by atoms with Gasteiger partial charge in [-0.25, -0.2) is 4.79 Å². The minimum atomic E-state index is -0.516. The van der Waals surface area contributed by atoms with Gasteiger partial charge in [-0.05, 0) is 103 Å². The van der Waals surface area contributed by atoms with Crippen molar-refractivity contribution in [2.75, 3.05) is 38.0 Å². The van der Waals surface area contributed by atoms with E-state index in [2.05, 4.69) is 72.4 Å². The van der Waals surface area contributed by atoms with E-state index >= 15 is 0 Å². The van der Waals surface area contributed by atoms with E-state index < -0.39 is 5.41 Å². The molecular weight excluding hydrogens is 554 g/mol. The number of urea groups is 1. The number of carbonyl (C=O) groups is 2. The molecule has 0 aliphatic carbocycles. The van der Waals surface area contributed by atoms with Gasteiger partial charge in [0, 0.05) is 55.1 Å². The van der Waals surface area contributed by atoms with E-state index in [0.29, 0.717) is 23.9 Å². The molecule has 3 atom stereocenters. The van der Waals surface area contributed by atoms with Crippen LogP contribution in [0.25, 0.3) is 0 Å². The first kappa shape index (κ1) is 29.1. The molecule has 7 nitrogen and oxygen atoms in total. The van der Waals surface area contributed by atoms with Gasteiger partial charge in [0.2, 0.25) is 5.91 Å². The van der Waals surface area contributed by atoms with Gasteiger partial charge in [-0.3, -0.25) is 4.79 Å². The Kier molecular flexibility index (Phi) is 7.73. The molecule has 43 heavy (non-hydrogen) atoms. The zero-order valence-corrected chi connectivity index (χ0v) is 27.3. The number of rotatable bonds is 7. The molecule has 2 bridgehead atoms. The van der Waals surface area contributed by atoms with Crippen molar-refractivity contribution in [2.24, 2.45) is 0 Å². The second kappa shape index (κ2) is 11.4. The molecule has 5 aliphatic heterocycles. The third-order valence-electron chi connectivity index (χ3n) is 11.0. The van der Waals surface area contributed by atoms with Gasteiger partial charge in [0.25, 0.3) is 0 Å². The fraction of sp³-hybridized carbons (Fsp3) is 0.657. The van der Waals surface area contributed by atoms with Gasteiger partial charge in [0.1, 0.15) is 0 Å². The van der Waals surface area contributed by atoms with Crippen molar-refractivity contribution in [1.29, 1.82) is 0 Å². The number of nitrogens with one attached hydrogen (secondary N) is 2. The van der Waals surface area contributed by atoms with Crippen molar-refractivity contribution in [2.45, 2.75) is 115 Å². The average molecular weight is 604 g/mol. The van der Waals surface area contributed by atoms with Crippen LogP contribution in [-0.4, -0.2) is 77.5 Å². The highest BCUT2D eigenvalue weighted by molar-refractivity contribution is 7.16. The Labute approximate surface area is 261 Å². The third kappa shape index (κ3) is 5.47. The SMILES string of the molecule is Cc1cc(C)cc(C2Nc3sc(C(C)(C)C(=O)N4C5CCC4CC5)cc3C2CCN2CCC(NC(=O)N3CCCC3)C2)c1. The predicted molar refractivity (Wildman–Crippen MR) is 174 cm³/mol. The van der Waals surface area contributed by atoms with Crippen LogP contribution >= 0.6 is 11.3 Å². The summed E-state index contributed by atoms with van der Waals surface area (Å²) in [7, 11) is 0. The summed E-state index contributed by atoms with van der Waals surface area (Å²) >= 11 is 1.80. The van der Waals surface area contributed by atoms with E-state index in [1.807, 2.05) is 4.90 Å². The zero-order chi connectivity index (χ0) is 29.9. The molecule has 0 radical (unpaired) electrons. The Hall–Kier alpha value is -2.58. The quantitative estimate of drug-likeness (QED) is 0.389. The minimum Gasteiger partial charge on any atom is -0.369 e.